The molecule has 0 bridgehead atoms. The van der Waals surface area contributed by atoms with E-state index in [1.165, 1.54) is 12.1 Å². The maximum absolute atomic E-state index is 10.7. The molecule has 1 aromatic heterocycles. The zero-order valence-corrected chi connectivity index (χ0v) is 12.3. The van der Waals surface area contributed by atoms with Crippen LogP contribution < -0.4 is 5.32 Å². The number of rotatable bonds is 7. The minimum atomic E-state index is -0.457. The van der Waals surface area contributed by atoms with E-state index in [4.69, 9.17) is 9.15 Å². The first-order valence-electron chi connectivity index (χ1n) is 6.90. The van der Waals surface area contributed by atoms with Crippen molar-refractivity contribution in [2.75, 3.05) is 18.5 Å². The van der Waals surface area contributed by atoms with Crippen LogP contribution in [0.2, 0.25) is 0 Å². The van der Waals surface area contributed by atoms with Gasteiger partial charge in [0.25, 0.3) is 11.7 Å². The third-order valence-corrected chi connectivity index (χ3v) is 3.20. The van der Waals surface area contributed by atoms with Crippen molar-refractivity contribution < 1.29 is 14.1 Å². The lowest BCUT2D eigenvalue weighted by Gasteiger charge is -2.20. The number of benzene rings is 1. The molecule has 1 N–H and O–H groups in total. The van der Waals surface area contributed by atoms with Crippen LogP contribution in [0.1, 0.15) is 20.8 Å². The number of fused-ring (bicyclic) bond motifs is 1. The van der Waals surface area contributed by atoms with Crippen LogP contribution in [0, 0.1) is 16.0 Å². The Hall–Kier alpha value is -2.15. The van der Waals surface area contributed by atoms with Gasteiger partial charge in [-0.25, -0.2) is 0 Å². The van der Waals surface area contributed by atoms with Gasteiger partial charge in [0.15, 0.2) is 5.58 Å². The molecule has 0 saturated carbocycles. The van der Waals surface area contributed by atoms with Gasteiger partial charge in [-0.15, -0.1) is 0 Å². The first-order valence-corrected chi connectivity index (χ1v) is 6.90. The van der Waals surface area contributed by atoms with Crippen LogP contribution in [0.4, 0.5) is 11.7 Å². The number of nitro groups is 1. The molecule has 1 aromatic carbocycles. The summed E-state index contributed by atoms with van der Waals surface area (Å²) in [6.45, 7) is 7.28. The van der Waals surface area contributed by atoms with Gasteiger partial charge in [-0.3, -0.25) is 10.1 Å². The van der Waals surface area contributed by atoms with Crippen molar-refractivity contribution in [1.82, 2.24) is 4.98 Å². The average molecular weight is 293 g/mol. The number of non-ortho nitro benzene ring substituents is 1. The predicted molar refractivity (Wildman–Crippen MR) is 79.4 cm³/mol. The van der Waals surface area contributed by atoms with Gasteiger partial charge in [0.1, 0.15) is 5.52 Å². The molecule has 21 heavy (non-hydrogen) atoms. The monoisotopic (exact) mass is 293 g/mol. The molecule has 2 aromatic rings. The highest BCUT2D eigenvalue weighted by molar-refractivity contribution is 5.77. The van der Waals surface area contributed by atoms with E-state index >= 15 is 0 Å². The lowest BCUT2D eigenvalue weighted by Crippen LogP contribution is -2.31. The van der Waals surface area contributed by atoms with Crippen molar-refractivity contribution >= 4 is 22.8 Å². The molecule has 0 saturated heterocycles. The molecule has 2 rings (SSSR count). The van der Waals surface area contributed by atoms with Gasteiger partial charge in [-0.1, -0.05) is 13.8 Å². The predicted octanol–water partition coefficient (Wildman–Crippen LogP) is 3.21. The highest BCUT2D eigenvalue weighted by Crippen LogP contribution is 2.24. The molecule has 7 nitrogen and oxygen atoms in total. The highest BCUT2D eigenvalue weighted by Gasteiger charge is 2.17. The smallest absolute Gasteiger partial charge is 0.295 e. The Balaban J connectivity index is 2.19. The van der Waals surface area contributed by atoms with Gasteiger partial charge in [0.05, 0.1) is 23.6 Å². The summed E-state index contributed by atoms with van der Waals surface area (Å²) in [6, 6.07) is 4.78. The quantitative estimate of drug-likeness (QED) is 0.622. The fourth-order valence-corrected chi connectivity index (χ4v) is 1.89. The third kappa shape index (κ3) is 3.69. The van der Waals surface area contributed by atoms with Crippen LogP contribution in [0.5, 0.6) is 0 Å². The minimum absolute atomic E-state index is 0.0140. The van der Waals surface area contributed by atoms with E-state index in [0.29, 0.717) is 36.2 Å². The molecule has 0 aliphatic carbocycles. The molecule has 1 unspecified atom stereocenters. The maximum atomic E-state index is 10.7. The summed E-state index contributed by atoms with van der Waals surface area (Å²) in [4.78, 5) is 14.6. The number of nitrogens with zero attached hydrogens (tertiary/aromatic N) is 2. The maximum Gasteiger partial charge on any atom is 0.295 e. The molecular formula is C14H19N3O4. The van der Waals surface area contributed by atoms with Crippen LogP contribution in [0.3, 0.4) is 0 Å². The van der Waals surface area contributed by atoms with Crippen molar-refractivity contribution in [2.24, 2.45) is 5.92 Å². The van der Waals surface area contributed by atoms with Gasteiger partial charge in [-0.05, 0) is 18.9 Å². The molecular weight excluding hydrogens is 274 g/mol. The number of anilines is 1. The van der Waals surface area contributed by atoms with E-state index in [9.17, 15) is 10.1 Å². The Bertz CT molecular complexity index is 624. The van der Waals surface area contributed by atoms with E-state index in [1.807, 2.05) is 6.92 Å². The second-order valence-electron chi connectivity index (χ2n) is 5.08. The zero-order valence-electron chi connectivity index (χ0n) is 12.3. The molecule has 7 heteroatoms. The van der Waals surface area contributed by atoms with E-state index in [1.54, 1.807) is 6.07 Å². The molecule has 1 heterocycles. The van der Waals surface area contributed by atoms with E-state index in [-0.39, 0.29) is 11.7 Å². The average Bonchev–Trinajstić information content (AvgIpc) is 2.84. The summed E-state index contributed by atoms with van der Waals surface area (Å²) in [5.41, 5.74) is 0.965. The largest absolute Gasteiger partial charge is 0.423 e. The zero-order chi connectivity index (χ0) is 15.4. The first-order chi connectivity index (χ1) is 10.0. The van der Waals surface area contributed by atoms with Crippen molar-refractivity contribution in [3.05, 3.63) is 28.3 Å². The molecule has 0 aliphatic rings. The van der Waals surface area contributed by atoms with Crippen molar-refractivity contribution in [3.8, 4) is 0 Å². The Labute approximate surface area is 122 Å². The van der Waals surface area contributed by atoms with Crippen molar-refractivity contribution in [2.45, 2.75) is 26.8 Å². The number of hydrogen-bond acceptors (Lipinski definition) is 6. The van der Waals surface area contributed by atoms with Crippen LogP contribution in [-0.2, 0) is 4.74 Å². The Kier molecular flexibility index (Phi) is 4.74. The number of aromatic nitrogens is 1. The summed E-state index contributed by atoms with van der Waals surface area (Å²) in [5, 5.41) is 13.9. The second-order valence-corrected chi connectivity index (χ2v) is 5.08. The summed E-state index contributed by atoms with van der Waals surface area (Å²) < 4.78 is 11.0. The molecule has 0 fully saturated rings. The SMILES string of the molecule is CCOCC(Nc1nc2ccc([N+](=O)[O-])cc2o1)C(C)C. The fourth-order valence-electron chi connectivity index (χ4n) is 1.89. The number of oxazole rings is 1. The summed E-state index contributed by atoms with van der Waals surface area (Å²) >= 11 is 0. The van der Waals surface area contributed by atoms with E-state index in [0.717, 1.165) is 0 Å². The van der Waals surface area contributed by atoms with Crippen LogP contribution >= 0.6 is 0 Å². The standard InChI is InChI=1S/C14H19N3O4/c1-4-20-8-12(9(2)3)16-14-15-11-6-5-10(17(18)19)7-13(11)21-14/h5-7,9,12H,4,8H2,1-3H3,(H,15,16). The van der Waals surface area contributed by atoms with Gasteiger partial charge in [0, 0.05) is 12.7 Å². The Morgan fingerprint density at radius 2 is 2.24 bits per heavy atom. The lowest BCUT2D eigenvalue weighted by atomic mass is 10.1. The van der Waals surface area contributed by atoms with E-state index < -0.39 is 4.92 Å². The van der Waals surface area contributed by atoms with E-state index in [2.05, 4.69) is 24.1 Å². The lowest BCUT2D eigenvalue weighted by molar-refractivity contribution is -0.384. The topological polar surface area (TPSA) is 90.4 Å². The normalized spacial score (nSPS) is 12.8. The molecule has 0 aliphatic heterocycles. The fraction of sp³-hybridized carbons (Fsp3) is 0.500. The molecule has 0 radical (unpaired) electrons. The summed E-state index contributed by atoms with van der Waals surface area (Å²) in [5.74, 6) is 0.334. The van der Waals surface area contributed by atoms with Crippen LogP contribution in [0.15, 0.2) is 22.6 Å². The summed E-state index contributed by atoms with van der Waals surface area (Å²) in [6.07, 6.45) is 0. The van der Waals surface area contributed by atoms with Gasteiger partial charge in [0.2, 0.25) is 0 Å². The second kappa shape index (κ2) is 6.53. The van der Waals surface area contributed by atoms with Crippen LogP contribution in [0.25, 0.3) is 11.1 Å². The highest BCUT2D eigenvalue weighted by atomic mass is 16.6. The third-order valence-electron chi connectivity index (χ3n) is 3.20. The molecule has 1 atom stereocenters. The molecule has 114 valence electrons. The summed E-state index contributed by atoms with van der Waals surface area (Å²) in [7, 11) is 0. The Morgan fingerprint density at radius 1 is 1.48 bits per heavy atom. The number of hydrogen-bond donors (Lipinski definition) is 1. The first kappa shape index (κ1) is 15.2. The number of nitrogens with one attached hydrogen (secondary N) is 1. The van der Waals surface area contributed by atoms with Crippen molar-refractivity contribution in [3.63, 3.8) is 0 Å². The number of ether oxygens (including phenoxy) is 1. The molecule has 0 spiro atoms. The van der Waals surface area contributed by atoms with Gasteiger partial charge in [-0.2, -0.15) is 4.98 Å². The number of nitro benzene ring substituents is 1. The Morgan fingerprint density at radius 3 is 2.86 bits per heavy atom. The molecule has 0 amide bonds. The van der Waals surface area contributed by atoms with Crippen LogP contribution in [-0.4, -0.2) is 29.2 Å². The minimum Gasteiger partial charge on any atom is -0.423 e. The van der Waals surface area contributed by atoms with Crippen molar-refractivity contribution in [1.29, 1.82) is 0 Å². The van der Waals surface area contributed by atoms with Gasteiger partial charge >= 0.3 is 0 Å². The van der Waals surface area contributed by atoms with Gasteiger partial charge < -0.3 is 14.5 Å².